The second kappa shape index (κ2) is 6.41. The van der Waals surface area contributed by atoms with Crippen molar-refractivity contribution in [3.8, 4) is 0 Å². The van der Waals surface area contributed by atoms with Gasteiger partial charge in [0.25, 0.3) is 0 Å². The van der Waals surface area contributed by atoms with Crippen LogP contribution in [-0.2, 0) is 16.1 Å². The Hall–Kier alpha value is -2.12. The number of hydrogen-bond donors (Lipinski definition) is 4. The van der Waals surface area contributed by atoms with Crippen LogP contribution in [-0.4, -0.2) is 41.2 Å². The minimum absolute atomic E-state index is 0.0382. The molecule has 2 fully saturated rings. The van der Waals surface area contributed by atoms with E-state index in [1.165, 1.54) is 0 Å². The predicted molar refractivity (Wildman–Crippen MR) is 89.6 cm³/mol. The molecular formula is C17H22N4O3. The lowest BCUT2D eigenvalue weighted by Gasteiger charge is -2.39. The number of nitrogens with one attached hydrogen (secondary N) is 4. The van der Waals surface area contributed by atoms with Crippen molar-refractivity contribution in [1.82, 2.24) is 20.6 Å². The van der Waals surface area contributed by atoms with Gasteiger partial charge in [-0.2, -0.15) is 0 Å². The molecule has 2 aromatic rings. The number of hydrogen-bond acceptors (Lipinski definition) is 4. The smallest absolute Gasteiger partial charge is 0.323 e. The molecule has 3 atom stereocenters. The minimum Gasteiger partial charge on any atom is -0.375 e. The maximum Gasteiger partial charge on any atom is 0.323 e. The lowest BCUT2D eigenvalue weighted by Crippen LogP contribution is -2.53. The molecule has 1 amide bonds. The standard InChI is InChI=1S/C17H22N4O3/c22-16(11-2-4-15-14(8-11)18-5-6-24-15)19-9-10-1-3-12-13(7-10)21-17(23)20-12/h1,3,7,11,14-15,18H,2,4-6,8-9H2,(H,19,22)(H2,20,21,23)/t11-,14+,15+/m0/s1. The molecule has 128 valence electrons. The summed E-state index contributed by atoms with van der Waals surface area (Å²) in [5, 5.41) is 6.49. The Morgan fingerprint density at radius 1 is 1.25 bits per heavy atom. The van der Waals surface area contributed by atoms with E-state index in [4.69, 9.17) is 4.74 Å². The molecule has 0 bridgehead atoms. The highest BCUT2D eigenvalue weighted by Crippen LogP contribution is 2.28. The quantitative estimate of drug-likeness (QED) is 0.663. The normalized spacial score (nSPS) is 26.9. The second-order valence-electron chi connectivity index (χ2n) is 6.66. The number of H-pyrrole nitrogens is 2. The number of benzene rings is 1. The SMILES string of the molecule is O=C(NCc1ccc2[nH]c(=O)[nH]c2c1)[C@H]1CC[C@H]2OCCN[C@@H]2C1. The summed E-state index contributed by atoms with van der Waals surface area (Å²) >= 11 is 0. The fourth-order valence-corrected chi connectivity index (χ4v) is 3.77. The Labute approximate surface area is 139 Å². The summed E-state index contributed by atoms with van der Waals surface area (Å²) in [5.41, 5.74) is 2.29. The van der Waals surface area contributed by atoms with Crippen LogP contribution in [0.5, 0.6) is 0 Å². The van der Waals surface area contributed by atoms with E-state index in [0.29, 0.717) is 12.6 Å². The van der Waals surface area contributed by atoms with E-state index in [9.17, 15) is 9.59 Å². The van der Waals surface area contributed by atoms with Gasteiger partial charge in [0.05, 0.1) is 23.7 Å². The van der Waals surface area contributed by atoms with Gasteiger partial charge < -0.3 is 25.3 Å². The third-order valence-electron chi connectivity index (χ3n) is 5.05. The highest BCUT2D eigenvalue weighted by Gasteiger charge is 2.35. The molecule has 4 N–H and O–H groups in total. The highest BCUT2D eigenvalue weighted by atomic mass is 16.5. The van der Waals surface area contributed by atoms with Crippen molar-refractivity contribution in [2.45, 2.75) is 38.0 Å². The number of aromatic nitrogens is 2. The number of carbonyl (C=O) groups excluding carboxylic acids is 1. The molecule has 0 unspecified atom stereocenters. The number of amides is 1. The molecule has 1 aromatic heterocycles. The largest absolute Gasteiger partial charge is 0.375 e. The van der Waals surface area contributed by atoms with Crippen LogP contribution in [0.2, 0.25) is 0 Å². The fraction of sp³-hybridized carbons (Fsp3) is 0.529. The molecule has 1 aliphatic heterocycles. The predicted octanol–water partition coefficient (Wildman–Crippen LogP) is 0.629. The van der Waals surface area contributed by atoms with Gasteiger partial charge in [0, 0.05) is 25.0 Å². The number of rotatable bonds is 3. The van der Waals surface area contributed by atoms with E-state index < -0.39 is 0 Å². The number of imidazole rings is 1. The van der Waals surface area contributed by atoms with E-state index in [1.54, 1.807) is 0 Å². The van der Waals surface area contributed by atoms with Crippen LogP contribution in [0.15, 0.2) is 23.0 Å². The first-order valence-corrected chi connectivity index (χ1v) is 8.52. The maximum atomic E-state index is 12.5. The number of ether oxygens (including phenoxy) is 1. The van der Waals surface area contributed by atoms with Gasteiger partial charge in [0.2, 0.25) is 5.91 Å². The van der Waals surface area contributed by atoms with Gasteiger partial charge in [-0.15, -0.1) is 0 Å². The van der Waals surface area contributed by atoms with E-state index in [-0.39, 0.29) is 23.6 Å². The van der Waals surface area contributed by atoms with Gasteiger partial charge in [-0.1, -0.05) is 6.07 Å². The molecule has 1 aliphatic carbocycles. The van der Waals surface area contributed by atoms with Crippen molar-refractivity contribution in [2.75, 3.05) is 13.2 Å². The van der Waals surface area contributed by atoms with E-state index >= 15 is 0 Å². The average molecular weight is 330 g/mol. The van der Waals surface area contributed by atoms with Crippen LogP contribution in [0.4, 0.5) is 0 Å². The Morgan fingerprint density at radius 2 is 2.12 bits per heavy atom. The van der Waals surface area contributed by atoms with E-state index in [0.717, 1.165) is 49.0 Å². The summed E-state index contributed by atoms with van der Waals surface area (Å²) < 4.78 is 5.76. The third-order valence-corrected chi connectivity index (χ3v) is 5.05. The van der Waals surface area contributed by atoms with Crippen molar-refractivity contribution >= 4 is 16.9 Å². The summed E-state index contributed by atoms with van der Waals surface area (Å²) in [6, 6.07) is 5.95. The van der Waals surface area contributed by atoms with Crippen LogP contribution in [0.3, 0.4) is 0 Å². The lowest BCUT2D eigenvalue weighted by molar-refractivity contribution is -0.128. The van der Waals surface area contributed by atoms with Gasteiger partial charge in [0.1, 0.15) is 0 Å². The molecule has 7 nitrogen and oxygen atoms in total. The number of fused-ring (bicyclic) bond motifs is 2. The lowest BCUT2D eigenvalue weighted by atomic mass is 9.82. The van der Waals surface area contributed by atoms with Crippen LogP contribution in [0.1, 0.15) is 24.8 Å². The van der Waals surface area contributed by atoms with E-state index in [2.05, 4.69) is 20.6 Å². The first-order valence-electron chi connectivity index (χ1n) is 8.52. The highest BCUT2D eigenvalue weighted by molar-refractivity contribution is 5.79. The molecule has 1 saturated heterocycles. The van der Waals surface area contributed by atoms with Gasteiger partial charge in [-0.05, 0) is 37.0 Å². The first kappa shape index (κ1) is 15.4. The number of carbonyl (C=O) groups is 1. The van der Waals surface area contributed by atoms with Crippen molar-refractivity contribution in [3.63, 3.8) is 0 Å². The fourth-order valence-electron chi connectivity index (χ4n) is 3.77. The van der Waals surface area contributed by atoms with Gasteiger partial charge in [0.15, 0.2) is 0 Å². The number of aromatic amines is 2. The zero-order chi connectivity index (χ0) is 16.5. The molecule has 4 rings (SSSR count). The molecule has 7 heteroatoms. The zero-order valence-corrected chi connectivity index (χ0v) is 13.4. The van der Waals surface area contributed by atoms with Crippen LogP contribution >= 0.6 is 0 Å². The van der Waals surface area contributed by atoms with Crippen LogP contribution in [0.25, 0.3) is 11.0 Å². The third kappa shape index (κ3) is 3.09. The Balaban J connectivity index is 1.36. The Morgan fingerprint density at radius 3 is 3.04 bits per heavy atom. The monoisotopic (exact) mass is 330 g/mol. The average Bonchev–Trinajstić information content (AvgIpc) is 2.98. The van der Waals surface area contributed by atoms with E-state index in [1.807, 2.05) is 18.2 Å². The molecule has 0 spiro atoms. The summed E-state index contributed by atoms with van der Waals surface area (Å²) in [6.45, 7) is 2.10. The van der Waals surface area contributed by atoms with Gasteiger partial charge >= 0.3 is 5.69 Å². The molecule has 24 heavy (non-hydrogen) atoms. The zero-order valence-electron chi connectivity index (χ0n) is 13.4. The molecule has 0 radical (unpaired) electrons. The Kier molecular flexibility index (Phi) is 4.12. The Bertz CT molecular complexity index is 796. The summed E-state index contributed by atoms with van der Waals surface area (Å²) in [5.74, 6) is 0.139. The van der Waals surface area contributed by atoms with Crippen LogP contribution in [0, 0.1) is 5.92 Å². The molecular weight excluding hydrogens is 308 g/mol. The van der Waals surface area contributed by atoms with Crippen molar-refractivity contribution in [3.05, 3.63) is 34.2 Å². The molecule has 2 aliphatic rings. The maximum absolute atomic E-state index is 12.5. The first-order chi connectivity index (χ1) is 11.7. The van der Waals surface area contributed by atoms with Crippen molar-refractivity contribution < 1.29 is 9.53 Å². The topological polar surface area (TPSA) is 99.0 Å². The van der Waals surface area contributed by atoms with Crippen molar-refractivity contribution in [2.24, 2.45) is 5.92 Å². The minimum atomic E-state index is -0.217. The molecule has 1 aromatic carbocycles. The van der Waals surface area contributed by atoms with Crippen LogP contribution < -0.4 is 16.3 Å². The summed E-state index contributed by atoms with van der Waals surface area (Å²) in [4.78, 5) is 29.2. The molecule has 2 heterocycles. The van der Waals surface area contributed by atoms with Crippen molar-refractivity contribution in [1.29, 1.82) is 0 Å². The van der Waals surface area contributed by atoms with Gasteiger partial charge in [-0.3, -0.25) is 4.79 Å². The van der Waals surface area contributed by atoms with Gasteiger partial charge in [-0.25, -0.2) is 4.79 Å². The molecule has 1 saturated carbocycles. The summed E-state index contributed by atoms with van der Waals surface area (Å²) in [7, 11) is 0. The number of morpholine rings is 1. The second-order valence-corrected chi connectivity index (χ2v) is 6.66. The summed E-state index contributed by atoms with van der Waals surface area (Å²) in [6.07, 6.45) is 2.90.